The van der Waals surface area contributed by atoms with Crippen LogP contribution in [-0.2, 0) is 11.8 Å². The van der Waals surface area contributed by atoms with E-state index in [9.17, 15) is 4.79 Å². The maximum Gasteiger partial charge on any atom is 0.313 e. The first-order chi connectivity index (χ1) is 5.59. The Kier molecular flexibility index (Phi) is 2.75. The van der Waals surface area contributed by atoms with Crippen LogP contribution in [0.2, 0.25) is 0 Å². The van der Waals surface area contributed by atoms with E-state index < -0.39 is 5.97 Å². The lowest BCUT2D eigenvalue weighted by Gasteiger charge is -1.96. The van der Waals surface area contributed by atoms with Gasteiger partial charge in [0.2, 0.25) is 0 Å². The highest BCUT2D eigenvalue weighted by molar-refractivity contribution is 7.99. The number of carbonyl (C=O) groups is 1. The summed E-state index contributed by atoms with van der Waals surface area (Å²) >= 11 is 1.28. The minimum atomic E-state index is -0.807. The molecule has 1 aromatic heterocycles. The van der Waals surface area contributed by atoms with E-state index in [-0.39, 0.29) is 5.75 Å². The summed E-state index contributed by atoms with van der Waals surface area (Å²) in [5, 5.41) is 13.4. The maximum absolute atomic E-state index is 10.2. The Morgan fingerprint density at radius 2 is 2.50 bits per heavy atom. The molecule has 0 spiro atoms. The fourth-order valence-electron chi connectivity index (χ4n) is 0.858. The van der Waals surface area contributed by atoms with Gasteiger partial charge in [-0.15, -0.1) is 0 Å². The average molecular weight is 186 g/mol. The van der Waals surface area contributed by atoms with Gasteiger partial charge in [-0.05, 0) is 13.0 Å². The van der Waals surface area contributed by atoms with Gasteiger partial charge in [0.1, 0.15) is 0 Å². The number of hydrogen-bond acceptors (Lipinski definition) is 3. The molecule has 1 rings (SSSR count). The van der Waals surface area contributed by atoms with Crippen molar-refractivity contribution in [2.75, 3.05) is 5.75 Å². The minimum absolute atomic E-state index is 0.0823. The lowest BCUT2D eigenvalue weighted by molar-refractivity contribution is -0.133. The largest absolute Gasteiger partial charge is 0.481 e. The molecule has 66 valence electrons. The molecule has 0 amide bonds. The first-order valence-corrected chi connectivity index (χ1v) is 4.43. The van der Waals surface area contributed by atoms with Crippen LogP contribution in [0.4, 0.5) is 0 Å². The molecule has 1 aromatic rings. The smallest absolute Gasteiger partial charge is 0.313 e. The summed E-state index contributed by atoms with van der Waals surface area (Å²) in [7, 11) is 1.80. The molecule has 0 radical (unpaired) electrons. The van der Waals surface area contributed by atoms with Crippen LogP contribution in [0.1, 0.15) is 5.69 Å². The van der Waals surface area contributed by atoms with Crippen molar-refractivity contribution in [2.24, 2.45) is 7.05 Å². The number of rotatable bonds is 3. The molecule has 12 heavy (non-hydrogen) atoms. The number of carboxylic acid groups (broad SMARTS) is 1. The zero-order valence-corrected chi connectivity index (χ0v) is 7.76. The SMILES string of the molecule is Cc1cc(SCC(=O)O)n(C)n1. The van der Waals surface area contributed by atoms with Crippen molar-refractivity contribution in [3.63, 3.8) is 0 Å². The summed E-state index contributed by atoms with van der Waals surface area (Å²) in [6.45, 7) is 1.88. The molecular formula is C7H10N2O2S. The van der Waals surface area contributed by atoms with Gasteiger partial charge in [-0.3, -0.25) is 9.48 Å². The monoisotopic (exact) mass is 186 g/mol. The third kappa shape index (κ3) is 2.27. The van der Waals surface area contributed by atoms with Gasteiger partial charge >= 0.3 is 5.97 Å². The molecule has 4 nitrogen and oxygen atoms in total. The normalized spacial score (nSPS) is 10.2. The van der Waals surface area contributed by atoms with E-state index in [1.54, 1.807) is 11.7 Å². The van der Waals surface area contributed by atoms with Crippen LogP contribution in [0.3, 0.4) is 0 Å². The van der Waals surface area contributed by atoms with E-state index in [1.165, 1.54) is 11.8 Å². The van der Waals surface area contributed by atoms with Gasteiger partial charge in [0.05, 0.1) is 16.5 Å². The van der Waals surface area contributed by atoms with Crippen LogP contribution >= 0.6 is 11.8 Å². The van der Waals surface area contributed by atoms with Crippen molar-refractivity contribution in [3.8, 4) is 0 Å². The Morgan fingerprint density at radius 3 is 2.92 bits per heavy atom. The van der Waals surface area contributed by atoms with Crippen molar-refractivity contribution in [1.29, 1.82) is 0 Å². The average Bonchev–Trinajstić information content (AvgIpc) is 2.26. The zero-order valence-electron chi connectivity index (χ0n) is 6.94. The van der Waals surface area contributed by atoms with Crippen molar-refractivity contribution in [1.82, 2.24) is 9.78 Å². The van der Waals surface area contributed by atoms with E-state index in [1.807, 2.05) is 13.0 Å². The molecule has 0 atom stereocenters. The number of thioether (sulfide) groups is 1. The number of carboxylic acids is 1. The van der Waals surface area contributed by atoms with E-state index in [0.29, 0.717) is 0 Å². The summed E-state index contributed by atoms with van der Waals surface area (Å²) < 4.78 is 1.68. The lowest BCUT2D eigenvalue weighted by atomic mass is 10.5. The number of aromatic nitrogens is 2. The van der Waals surface area contributed by atoms with Gasteiger partial charge in [0.25, 0.3) is 0 Å². The Morgan fingerprint density at radius 1 is 1.83 bits per heavy atom. The molecule has 0 aliphatic rings. The lowest BCUT2D eigenvalue weighted by Crippen LogP contribution is -2.00. The van der Waals surface area contributed by atoms with Gasteiger partial charge in [0, 0.05) is 7.05 Å². The summed E-state index contributed by atoms with van der Waals surface area (Å²) in [6.07, 6.45) is 0. The second kappa shape index (κ2) is 3.62. The third-order valence-corrected chi connectivity index (χ3v) is 2.37. The van der Waals surface area contributed by atoms with Gasteiger partial charge < -0.3 is 5.11 Å². The van der Waals surface area contributed by atoms with Crippen LogP contribution < -0.4 is 0 Å². The third-order valence-electron chi connectivity index (χ3n) is 1.30. The quantitative estimate of drug-likeness (QED) is 0.713. The predicted molar refractivity (Wildman–Crippen MR) is 46.3 cm³/mol. The fourth-order valence-corrected chi connectivity index (χ4v) is 1.61. The van der Waals surface area contributed by atoms with Crippen molar-refractivity contribution in [3.05, 3.63) is 11.8 Å². The molecule has 0 bridgehead atoms. The Bertz CT molecular complexity index is 296. The standard InChI is InChI=1S/C7H10N2O2S/c1-5-3-6(9(2)8-5)12-4-7(10)11/h3H,4H2,1-2H3,(H,10,11). The number of aliphatic carboxylic acids is 1. The summed E-state index contributed by atoms with van der Waals surface area (Å²) in [6, 6.07) is 1.87. The van der Waals surface area contributed by atoms with Crippen molar-refractivity contribution >= 4 is 17.7 Å². The molecule has 0 aromatic carbocycles. The van der Waals surface area contributed by atoms with Crippen LogP contribution in [0.5, 0.6) is 0 Å². The van der Waals surface area contributed by atoms with Gasteiger partial charge in [0.15, 0.2) is 0 Å². The van der Waals surface area contributed by atoms with E-state index in [2.05, 4.69) is 5.10 Å². The molecule has 0 saturated heterocycles. The van der Waals surface area contributed by atoms with E-state index >= 15 is 0 Å². The van der Waals surface area contributed by atoms with E-state index in [4.69, 9.17) is 5.11 Å². The van der Waals surface area contributed by atoms with Crippen molar-refractivity contribution in [2.45, 2.75) is 11.9 Å². The predicted octanol–water partition coefficient (Wildman–Crippen LogP) is 0.905. The fraction of sp³-hybridized carbons (Fsp3) is 0.429. The van der Waals surface area contributed by atoms with Crippen molar-refractivity contribution < 1.29 is 9.90 Å². The molecule has 1 heterocycles. The summed E-state index contributed by atoms with van der Waals surface area (Å²) in [5.74, 6) is -0.724. The highest BCUT2D eigenvalue weighted by atomic mass is 32.2. The van der Waals surface area contributed by atoms with E-state index in [0.717, 1.165) is 10.7 Å². The first kappa shape index (κ1) is 9.12. The molecule has 0 fully saturated rings. The Hall–Kier alpha value is -0.970. The molecule has 1 N–H and O–H groups in total. The van der Waals surface area contributed by atoms with Crippen LogP contribution in [0.15, 0.2) is 11.1 Å². The molecule has 0 aliphatic heterocycles. The second-order valence-corrected chi connectivity index (χ2v) is 3.43. The van der Waals surface area contributed by atoms with Gasteiger partial charge in [-0.1, -0.05) is 11.8 Å². The number of hydrogen-bond donors (Lipinski definition) is 1. The van der Waals surface area contributed by atoms with Gasteiger partial charge in [-0.2, -0.15) is 5.10 Å². The van der Waals surface area contributed by atoms with Crippen LogP contribution in [0.25, 0.3) is 0 Å². The maximum atomic E-state index is 10.2. The Labute approximate surface area is 74.6 Å². The van der Waals surface area contributed by atoms with Crippen LogP contribution in [-0.4, -0.2) is 26.6 Å². The highest BCUT2D eigenvalue weighted by Gasteiger charge is 2.04. The minimum Gasteiger partial charge on any atom is -0.481 e. The molecule has 0 saturated carbocycles. The zero-order chi connectivity index (χ0) is 9.14. The van der Waals surface area contributed by atoms with Gasteiger partial charge in [-0.25, -0.2) is 0 Å². The molecule has 0 unspecified atom stereocenters. The topological polar surface area (TPSA) is 55.1 Å². The first-order valence-electron chi connectivity index (χ1n) is 3.45. The highest BCUT2D eigenvalue weighted by Crippen LogP contribution is 2.17. The number of aryl methyl sites for hydroxylation is 2. The van der Waals surface area contributed by atoms with Crippen LogP contribution in [0, 0.1) is 6.92 Å². The second-order valence-electron chi connectivity index (χ2n) is 2.43. The molecule has 5 heteroatoms. The summed E-state index contributed by atoms with van der Waals surface area (Å²) in [4.78, 5) is 10.2. The molecular weight excluding hydrogens is 176 g/mol. The summed E-state index contributed by atoms with van der Waals surface area (Å²) in [5.41, 5.74) is 0.908. The molecule has 0 aliphatic carbocycles. The number of nitrogens with zero attached hydrogens (tertiary/aromatic N) is 2. The Balaban J connectivity index is 2.62.